The Kier molecular flexibility index (Phi) is 2.28. The topological polar surface area (TPSA) is 0 Å². The second-order valence-corrected chi connectivity index (χ2v) is 3.19. The molecule has 6 heteroatoms. The minimum absolute atomic E-state index is 0.293. The third kappa shape index (κ3) is 1.50. The van der Waals surface area contributed by atoms with Crippen molar-refractivity contribution in [2.75, 3.05) is 0 Å². The average molecular weight is 206 g/mol. The Hall–Kier alpha value is -0.420. The molecule has 0 heterocycles. The number of hydrogen-bond acceptors (Lipinski definition) is 0. The van der Waals surface area contributed by atoms with Gasteiger partial charge in [-0.05, 0) is 12.8 Å². The Balaban J connectivity index is 3.03. The second kappa shape index (κ2) is 2.78. The molecule has 1 fully saturated rings. The highest BCUT2D eigenvalue weighted by atomic mass is 19.3. The minimum atomic E-state index is -5.21. The van der Waals surface area contributed by atoms with E-state index >= 15 is 0 Å². The second-order valence-electron chi connectivity index (χ2n) is 3.19. The smallest absolute Gasteiger partial charge is 0.200 e. The first-order valence-electron chi connectivity index (χ1n) is 3.84. The van der Waals surface area contributed by atoms with Gasteiger partial charge in [0.05, 0.1) is 0 Å². The van der Waals surface area contributed by atoms with Crippen LogP contribution >= 0.6 is 0 Å². The predicted octanol–water partition coefficient (Wildman–Crippen LogP) is 3.47. The van der Waals surface area contributed by atoms with Crippen LogP contribution in [-0.2, 0) is 0 Å². The molecule has 1 saturated carbocycles. The van der Waals surface area contributed by atoms with Crippen molar-refractivity contribution in [2.24, 2.45) is 0 Å². The van der Waals surface area contributed by atoms with E-state index in [1.54, 1.807) is 0 Å². The highest BCUT2D eigenvalue weighted by Crippen LogP contribution is 2.52. The lowest BCUT2D eigenvalue weighted by Gasteiger charge is -2.30. The van der Waals surface area contributed by atoms with Crippen molar-refractivity contribution < 1.29 is 26.3 Å². The molecule has 0 aromatic heterocycles. The summed E-state index contributed by atoms with van der Waals surface area (Å²) in [5, 5.41) is 0. The molecule has 0 nitrogen and oxygen atoms in total. The Morgan fingerprint density at radius 3 is 1.23 bits per heavy atom. The monoisotopic (exact) mass is 206 g/mol. The van der Waals surface area contributed by atoms with Crippen molar-refractivity contribution in [1.82, 2.24) is 0 Å². The molecule has 0 aromatic carbocycles. The fourth-order valence-electron chi connectivity index (χ4n) is 1.28. The van der Waals surface area contributed by atoms with Crippen molar-refractivity contribution >= 4 is 0 Å². The van der Waals surface area contributed by atoms with E-state index < -0.39 is 30.6 Å². The molecule has 1 aliphatic rings. The van der Waals surface area contributed by atoms with E-state index in [1.165, 1.54) is 0 Å². The van der Waals surface area contributed by atoms with Gasteiger partial charge < -0.3 is 0 Å². The third-order valence-electron chi connectivity index (χ3n) is 2.15. The van der Waals surface area contributed by atoms with E-state index in [9.17, 15) is 26.3 Å². The molecule has 0 saturated heterocycles. The molecule has 0 aromatic rings. The van der Waals surface area contributed by atoms with Gasteiger partial charge >= 0.3 is 17.8 Å². The summed E-state index contributed by atoms with van der Waals surface area (Å²) < 4.78 is 75.1. The largest absolute Gasteiger partial charge is 0.371 e. The SMILES string of the molecule is FC1(F)CCCCC(F)(F)C1(F)F. The molecular weight excluding hydrogens is 198 g/mol. The summed E-state index contributed by atoms with van der Waals surface area (Å²) >= 11 is 0. The van der Waals surface area contributed by atoms with Crippen molar-refractivity contribution in [3.05, 3.63) is 0 Å². The lowest BCUT2D eigenvalue weighted by atomic mass is 10.0. The van der Waals surface area contributed by atoms with Gasteiger partial charge in [0.2, 0.25) is 0 Å². The number of rotatable bonds is 0. The molecule has 1 rings (SSSR count). The van der Waals surface area contributed by atoms with Crippen LogP contribution in [0.3, 0.4) is 0 Å². The van der Waals surface area contributed by atoms with Crippen LogP contribution in [-0.4, -0.2) is 17.8 Å². The van der Waals surface area contributed by atoms with E-state index in [0.29, 0.717) is 0 Å². The van der Waals surface area contributed by atoms with E-state index in [-0.39, 0.29) is 12.8 Å². The fraction of sp³-hybridized carbons (Fsp3) is 1.00. The zero-order valence-electron chi connectivity index (χ0n) is 6.60. The molecule has 0 atom stereocenters. The maximum Gasteiger partial charge on any atom is 0.371 e. The Morgan fingerprint density at radius 1 is 0.615 bits per heavy atom. The van der Waals surface area contributed by atoms with Crippen molar-refractivity contribution in [3.63, 3.8) is 0 Å². The van der Waals surface area contributed by atoms with Gasteiger partial charge in [-0.2, -0.15) is 26.3 Å². The maximum atomic E-state index is 12.5. The van der Waals surface area contributed by atoms with Crippen molar-refractivity contribution in [2.45, 2.75) is 43.5 Å². The van der Waals surface area contributed by atoms with Gasteiger partial charge in [-0.15, -0.1) is 0 Å². The molecule has 1 aliphatic carbocycles. The van der Waals surface area contributed by atoms with Crippen molar-refractivity contribution in [1.29, 1.82) is 0 Å². The molecular formula is C7H8F6. The number of alkyl halides is 6. The summed E-state index contributed by atoms with van der Waals surface area (Å²) in [5.74, 6) is -14.4. The molecule has 0 N–H and O–H groups in total. The molecule has 78 valence electrons. The van der Waals surface area contributed by atoms with Crippen LogP contribution in [0.5, 0.6) is 0 Å². The highest BCUT2D eigenvalue weighted by molar-refractivity contribution is 4.98. The van der Waals surface area contributed by atoms with E-state index in [0.717, 1.165) is 0 Å². The van der Waals surface area contributed by atoms with Crippen LogP contribution in [0.2, 0.25) is 0 Å². The van der Waals surface area contributed by atoms with Crippen LogP contribution in [0.1, 0.15) is 25.7 Å². The molecule has 0 radical (unpaired) electrons. The van der Waals surface area contributed by atoms with Gasteiger partial charge in [0.25, 0.3) is 0 Å². The first-order valence-corrected chi connectivity index (χ1v) is 3.84. The van der Waals surface area contributed by atoms with Gasteiger partial charge in [-0.25, -0.2) is 0 Å². The zero-order valence-corrected chi connectivity index (χ0v) is 6.60. The summed E-state index contributed by atoms with van der Waals surface area (Å²) in [5.41, 5.74) is 0. The lowest BCUT2D eigenvalue weighted by Crippen LogP contribution is -2.52. The Bertz CT molecular complexity index is 177. The molecule has 13 heavy (non-hydrogen) atoms. The van der Waals surface area contributed by atoms with E-state index in [4.69, 9.17) is 0 Å². The summed E-state index contributed by atoms with van der Waals surface area (Å²) in [7, 11) is 0. The van der Waals surface area contributed by atoms with E-state index in [1.807, 2.05) is 0 Å². The molecule has 0 spiro atoms. The maximum absolute atomic E-state index is 12.5. The molecule has 0 unspecified atom stereocenters. The first kappa shape index (κ1) is 10.7. The number of halogens is 6. The van der Waals surface area contributed by atoms with Crippen LogP contribution < -0.4 is 0 Å². The third-order valence-corrected chi connectivity index (χ3v) is 2.15. The normalized spacial score (nSPS) is 30.9. The quantitative estimate of drug-likeness (QED) is 0.420. The summed E-state index contributed by atoms with van der Waals surface area (Å²) in [6.07, 6.45) is -2.93. The predicted molar refractivity (Wildman–Crippen MR) is 33.3 cm³/mol. The molecule has 0 amide bonds. The van der Waals surface area contributed by atoms with Crippen LogP contribution in [0.15, 0.2) is 0 Å². The molecule has 0 bridgehead atoms. The average Bonchev–Trinajstić information content (AvgIpc) is 2.01. The summed E-state index contributed by atoms with van der Waals surface area (Å²) in [4.78, 5) is 0. The van der Waals surface area contributed by atoms with Crippen molar-refractivity contribution in [3.8, 4) is 0 Å². The number of hydrogen-bond donors (Lipinski definition) is 0. The van der Waals surface area contributed by atoms with Gasteiger partial charge in [-0.1, -0.05) is 0 Å². The summed E-state index contributed by atoms with van der Waals surface area (Å²) in [6.45, 7) is 0. The minimum Gasteiger partial charge on any atom is -0.200 e. The van der Waals surface area contributed by atoms with Gasteiger partial charge in [0.1, 0.15) is 0 Å². The van der Waals surface area contributed by atoms with Gasteiger partial charge in [0, 0.05) is 12.8 Å². The zero-order chi connectivity index (χ0) is 10.3. The molecule has 0 aliphatic heterocycles. The Labute approximate surface area is 70.9 Å². The van der Waals surface area contributed by atoms with Gasteiger partial charge in [-0.3, -0.25) is 0 Å². The highest BCUT2D eigenvalue weighted by Gasteiger charge is 2.71. The van der Waals surface area contributed by atoms with Crippen LogP contribution in [0, 0.1) is 0 Å². The van der Waals surface area contributed by atoms with Crippen LogP contribution in [0.4, 0.5) is 26.3 Å². The summed E-state index contributed by atoms with van der Waals surface area (Å²) in [6, 6.07) is 0. The standard InChI is InChI=1S/C7H8F6/c8-5(9)3-1-2-4-6(10,11)7(5,12)13/h1-4H2. The lowest BCUT2D eigenvalue weighted by molar-refractivity contribution is -0.305. The van der Waals surface area contributed by atoms with Crippen LogP contribution in [0.25, 0.3) is 0 Å². The Morgan fingerprint density at radius 2 is 0.923 bits per heavy atom. The van der Waals surface area contributed by atoms with E-state index in [2.05, 4.69) is 0 Å². The first-order chi connectivity index (χ1) is 5.71. The fourth-order valence-corrected chi connectivity index (χ4v) is 1.28. The van der Waals surface area contributed by atoms with Gasteiger partial charge in [0.15, 0.2) is 0 Å².